The van der Waals surface area contributed by atoms with E-state index in [2.05, 4.69) is 9.97 Å². The molecule has 3 aromatic rings. The lowest BCUT2D eigenvalue weighted by atomic mass is 10.2. The summed E-state index contributed by atoms with van der Waals surface area (Å²) >= 11 is 0. The first-order valence-corrected chi connectivity index (χ1v) is 8.54. The normalized spacial score (nSPS) is 14.8. The van der Waals surface area contributed by atoms with Crippen molar-refractivity contribution in [3.63, 3.8) is 0 Å². The van der Waals surface area contributed by atoms with Gasteiger partial charge in [0.05, 0.1) is 18.4 Å². The number of hydrogen-bond acceptors (Lipinski definition) is 6. The number of rotatable bonds is 3. The molecule has 8 heteroatoms. The maximum atomic E-state index is 13.2. The number of ether oxygens (including phenoxy) is 1. The number of imidazole rings is 1. The standard InChI is InChI=1S/C18H19N5O3/c1-26-17(24)11-6-8-13(9-7-11)22-14-15(19)20-10-21-16(14)23(18(22)25)12-4-2-3-5-12/h6-10,12H,2-5H2,1H3,(H2,19,20,21). The SMILES string of the molecule is COC(=O)c1ccc(-n2c(=O)n(C3CCCC3)c3ncnc(N)c32)cc1. The van der Waals surface area contributed by atoms with Crippen molar-refractivity contribution in [2.45, 2.75) is 31.7 Å². The van der Waals surface area contributed by atoms with E-state index in [0.29, 0.717) is 22.4 Å². The summed E-state index contributed by atoms with van der Waals surface area (Å²) in [5.74, 6) is -0.180. The molecule has 0 radical (unpaired) electrons. The molecule has 1 aliphatic carbocycles. The maximum Gasteiger partial charge on any atom is 0.337 e. The van der Waals surface area contributed by atoms with Gasteiger partial charge in [0.25, 0.3) is 0 Å². The van der Waals surface area contributed by atoms with Gasteiger partial charge in [-0.15, -0.1) is 0 Å². The van der Waals surface area contributed by atoms with Crippen LogP contribution >= 0.6 is 0 Å². The third-order valence-electron chi connectivity index (χ3n) is 4.92. The smallest absolute Gasteiger partial charge is 0.337 e. The van der Waals surface area contributed by atoms with Gasteiger partial charge in [-0.25, -0.2) is 19.6 Å². The lowest BCUT2D eigenvalue weighted by Crippen LogP contribution is -2.26. The topological polar surface area (TPSA) is 105 Å². The van der Waals surface area contributed by atoms with Gasteiger partial charge in [-0.1, -0.05) is 12.8 Å². The van der Waals surface area contributed by atoms with Crippen LogP contribution in [0.25, 0.3) is 16.9 Å². The zero-order valence-corrected chi connectivity index (χ0v) is 14.4. The van der Waals surface area contributed by atoms with E-state index in [9.17, 15) is 9.59 Å². The molecule has 0 saturated heterocycles. The van der Waals surface area contributed by atoms with Crippen molar-refractivity contribution >= 4 is 23.0 Å². The van der Waals surface area contributed by atoms with E-state index < -0.39 is 5.97 Å². The number of esters is 1. The molecule has 0 unspecified atom stereocenters. The number of aromatic nitrogens is 4. The summed E-state index contributed by atoms with van der Waals surface area (Å²) < 4.78 is 7.96. The molecule has 0 amide bonds. The predicted octanol–water partition coefficient (Wildman–Crippen LogP) is 2.07. The number of nitrogens with two attached hydrogens (primary N) is 1. The van der Waals surface area contributed by atoms with Crippen LogP contribution in [-0.4, -0.2) is 32.2 Å². The molecular weight excluding hydrogens is 334 g/mol. The molecule has 134 valence electrons. The van der Waals surface area contributed by atoms with Crippen molar-refractivity contribution in [3.05, 3.63) is 46.6 Å². The van der Waals surface area contributed by atoms with Crippen molar-refractivity contribution in [2.75, 3.05) is 12.8 Å². The van der Waals surface area contributed by atoms with Gasteiger partial charge in [0, 0.05) is 6.04 Å². The Hall–Kier alpha value is -3.16. The molecular formula is C18H19N5O3. The molecule has 0 aliphatic heterocycles. The molecule has 4 rings (SSSR count). The van der Waals surface area contributed by atoms with Crippen molar-refractivity contribution in [1.29, 1.82) is 0 Å². The lowest BCUT2D eigenvalue weighted by Gasteiger charge is -2.10. The van der Waals surface area contributed by atoms with Crippen LogP contribution in [0.15, 0.2) is 35.4 Å². The number of benzene rings is 1. The van der Waals surface area contributed by atoms with Crippen LogP contribution < -0.4 is 11.4 Å². The Labute approximate surface area is 149 Å². The molecule has 26 heavy (non-hydrogen) atoms. The number of methoxy groups -OCH3 is 1. The van der Waals surface area contributed by atoms with Gasteiger partial charge in [0.1, 0.15) is 11.8 Å². The van der Waals surface area contributed by atoms with Gasteiger partial charge in [-0.3, -0.25) is 9.13 Å². The number of carbonyl (C=O) groups excluding carboxylic acids is 1. The third-order valence-corrected chi connectivity index (χ3v) is 4.92. The average molecular weight is 353 g/mol. The molecule has 0 spiro atoms. The number of fused-ring (bicyclic) bond motifs is 1. The lowest BCUT2D eigenvalue weighted by molar-refractivity contribution is 0.0601. The highest BCUT2D eigenvalue weighted by atomic mass is 16.5. The van der Waals surface area contributed by atoms with E-state index in [1.807, 2.05) is 0 Å². The Morgan fingerprint density at radius 2 is 1.88 bits per heavy atom. The van der Waals surface area contributed by atoms with E-state index in [1.165, 1.54) is 18.0 Å². The van der Waals surface area contributed by atoms with Crippen molar-refractivity contribution in [1.82, 2.24) is 19.1 Å². The maximum absolute atomic E-state index is 13.2. The highest BCUT2D eigenvalue weighted by Crippen LogP contribution is 2.32. The fraction of sp³-hybridized carbons (Fsp3) is 0.333. The van der Waals surface area contributed by atoms with Crippen LogP contribution in [0.1, 0.15) is 42.1 Å². The molecule has 0 bridgehead atoms. The molecule has 1 aliphatic rings. The summed E-state index contributed by atoms with van der Waals surface area (Å²) in [5.41, 5.74) is 7.94. The van der Waals surface area contributed by atoms with Crippen LogP contribution in [0, 0.1) is 0 Å². The second-order valence-electron chi connectivity index (χ2n) is 6.40. The van der Waals surface area contributed by atoms with Crippen LogP contribution in [0.2, 0.25) is 0 Å². The highest BCUT2D eigenvalue weighted by Gasteiger charge is 2.26. The quantitative estimate of drug-likeness (QED) is 0.723. The van der Waals surface area contributed by atoms with Gasteiger partial charge in [0.2, 0.25) is 0 Å². The predicted molar refractivity (Wildman–Crippen MR) is 96.4 cm³/mol. The van der Waals surface area contributed by atoms with E-state index in [-0.39, 0.29) is 17.5 Å². The Bertz CT molecular complexity index is 1030. The van der Waals surface area contributed by atoms with Crippen LogP contribution in [0.3, 0.4) is 0 Å². The van der Waals surface area contributed by atoms with E-state index in [0.717, 1.165) is 25.7 Å². The highest BCUT2D eigenvalue weighted by molar-refractivity contribution is 5.90. The third kappa shape index (κ3) is 2.45. The minimum absolute atomic E-state index is 0.120. The minimum Gasteiger partial charge on any atom is -0.465 e. The van der Waals surface area contributed by atoms with Crippen LogP contribution in [0.4, 0.5) is 5.82 Å². The Morgan fingerprint density at radius 1 is 1.19 bits per heavy atom. The summed E-state index contributed by atoms with van der Waals surface area (Å²) in [6.45, 7) is 0. The molecule has 1 aromatic carbocycles. The molecule has 1 fully saturated rings. The summed E-state index contributed by atoms with van der Waals surface area (Å²) in [6.07, 6.45) is 5.47. The van der Waals surface area contributed by atoms with Crippen LogP contribution in [-0.2, 0) is 4.74 Å². The number of anilines is 1. The van der Waals surface area contributed by atoms with Crippen molar-refractivity contribution in [2.24, 2.45) is 0 Å². The van der Waals surface area contributed by atoms with E-state index >= 15 is 0 Å². The summed E-state index contributed by atoms with van der Waals surface area (Å²) in [5, 5.41) is 0. The minimum atomic E-state index is -0.430. The molecule has 2 aromatic heterocycles. The first kappa shape index (κ1) is 16.3. The fourth-order valence-electron chi connectivity index (χ4n) is 3.66. The molecule has 8 nitrogen and oxygen atoms in total. The zero-order chi connectivity index (χ0) is 18.3. The Kier molecular flexibility index (Phi) is 3.95. The summed E-state index contributed by atoms with van der Waals surface area (Å²) in [7, 11) is 1.33. The average Bonchev–Trinajstić information content (AvgIpc) is 3.27. The van der Waals surface area contributed by atoms with Gasteiger partial charge >= 0.3 is 11.7 Å². The molecule has 1 saturated carbocycles. The summed E-state index contributed by atoms with van der Waals surface area (Å²) in [4.78, 5) is 33.2. The van der Waals surface area contributed by atoms with Gasteiger partial charge in [-0.2, -0.15) is 0 Å². The molecule has 0 atom stereocenters. The second-order valence-corrected chi connectivity index (χ2v) is 6.40. The number of nitrogens with zero attached hydrogens (tertiary/aromatic N) is 4. The first-order chi connectivity index (χ1) is 12.6. The zero-order valence-electron chi connectivity index (χ0n) is 14.4. The number of carbonyl (C=O) groups is 1. The molecule has 2 N–H and O–H groups in total. The second kappa shape index (κ2) is 6.29. The Morgan fingerprint density at radius 3 is 2.54 bits per heavy atom. The monoisotopic (exact) mass is 353 g/mol. The van der Waals surface area contributed by atoms with Gasteiger partial charge in [-0.05, 0) is 37.1 Å². The number of nitrogen functional groups attached to an aromatic ring is 1. The van der Waals surface area contributed by atoms with Crippen molar-refractivity contribution in [3.8, 4) is 5.69 Å². The van der Waals surface area contributed by atoms with Crippen LogP contribution in [0.5, 0.6) is 0 Å². The van der Waals surface area contributed by atoms with E-state index in [4.69, 9.17) is 10.5 Å². The number of hydrogen-bond donors (Lipinski definition) is 1. The van der Waals surface area contributed by atoms with Crippen molar-refractivity contribution < 1.29 is 9.53 Å². The molecule has 2 heterocycles. The van der Waals surface area contributed by atoms with E-state index in [1.54, 1.807) is 28.8 Å². The fourth-order valence-corrected chi connectivity index (χ4v) is 3.66. The first-order valence-electron chi connectivity index (χ1n) is 8.54. The largest absolute Gasteiger partial charge is 0.465 e. The Balaban J connectivity index is 1.94. The van der Waals surface area contributed by atoms with Gasteiger partial charge < -0.3 is 10.5 Å². The summed E-state index contributed by atoms with van der Waals surface area (Å²) in [6, 6.07) is 6.74. The van der Waals surface area contributed by atoms with Gasteiger partial charge in [0.15, 0.2) is 11.5 Å².